The number of carbonyl (C=O) groups excluding carboxylic acids is 4. The Hall–Kier alpha value is -4.10. The fourth-order valence-electron chi connectivity index (χ4n) is 4.91. The van der Waals surface area contributed by atoms with Crippen LogP contribution in [0, 0.1) is 12.8 Å². The Bertz CT molecular complexity index is 1450. The summed E-state index contributed by atoms with van der Waals surface area (Å²) in [5, 5.41) is 11.1. The molecular weight excluding hydrogens is 582 g/mol. The van der Waals surface area contributed by atoms with Crippen molar-refractivity contribution >= 4 is 35.0 Å². The van der Waals surface area contributed by atoms with Gasteiger partial charge in [0.1, 0.15) is 22.5 Å². The molecule has 0 aliphatic carbocycles. The molecule has 0 saturated carbocycles. The number of hydrogen-bond acceptors (Lipinski definition) is 9. The summed E-state index contributed by atoms with van der Waals surface area (Å²) in [7, 11) is 3.63. The molecule has 3 aromatic rings. The van der Waals surface area contributed by atoms with E-state index in [0.29, 0.717) is 30.2 Å². The van der Waals surface area contributed by atoms with Crippen LogP contribution in [0.1, 0.15) is 82.0 Å². The van der Waals surface area contributed by atoms with Gasteiger partial charge in [0.2, 0.25) is 17.7 Å². The molecule has 44 heavy (non-hydrogen) atoms. The van der Waals surface area contributed by atoms with Crippen LogP contribution in [0.4, 0.5) is 0 Å². The molecule has 13 heteroatoms. The molecule has 2 aromatic heterocycles. The molecule has 0 spiro atoms. The third-order valence-corrected chi connectivity index (χ3v) is 8.15. The summed E-state index contributed by atoms with van der Waals surface area (Å²) in [5.41, 5.74) is 1.33. The van der Waals surface area contributed by atoms with Crippen LogP contribution in [0.25, 0.3) is 0 Å². The Morgan fingerprint density at radius 2 is 1.84 bits per heavy atom. The van der Waals surface area contributed by atoms with Crippen LogP contribution >= 0.6 is 11.3 Å². The maximum Gasteiger partial charge on any atom is 0.274 e. The molecule has 0 saturated heterocycles. The maximum absolute atomic E-state index is 13.5. The van der Waals surface area contributed by atoms with E-state index in [-0.39, 0.29) is 67.0 Å². The van der Waals surface area contributed by atoms with Gasteiger partial charge >= 0.3 is 0 Å². The summed E-state index contributed by atoms with van der Waals surface area (Å²) in [4.78, 5) is 65.0. The predicted octanol–water partition coefficient (Wildman–Crippen LogP) is 2.88. The van der Waals surface area contributed by atoms with Crippen LogP contribution in [-0.4, -0.2) is 83.7 Å². The molecule has 0 unspecified atom stereocenters. The zero-order valence-corrected chi connectivity index (χ0v) is 26.7. The van der Waals surface area contributed by atoms with Gasteiger partial charge in [0.05, 0.1) is 12.6 Å². The third kappa shape index (κ3) is 8.73. The third-order valence-electron chi connectivity index (χ3n) is 7.22. The first-order chi connectivity index (χ1) is 21.0. The van der Waals surface area contributed by atoms with Gasteiger partial charge in [0.15, 0.2) is 5.69 Å². The molecule has 1 aliphatic rings. The Morgan fingerprint density at radius 3 is 2.55 bits per heavy atom. The van der Waals surface area contributed by atoms with Gasteiger partial charge in [0, 0.05) is 37.9 Å². The van der Waals surface area contributed by atoms with Gasteiger partial charge in [-0.25, -0.2) is 9.97 Å². The average Bonchev–Trinajstić information content (AvgIpc) is 3.61. The van der Waals surface area contributed by atoms with Crippen LogP contribution in [0.2, 0.25) is 0 Å². The largest absolute Gasteiger partial charge is 0.443 e. The maximum atomic E-state index is 13.5. The minimum atomic E-state index is -0.611. The van der Waals surface area contributed by atoms with E-state index in [1.807, 2.05) is 58.3 Å². The van der Waals surface area contributed by atoms with Crippen LogP contribution in [0.15, 0.2) is 40.1 Å². The molecule has 12 nitrogen and oxygen atoms in total. The number of nitrogens with one attached hydrogen (secondary N) is 3. The summed E-state index contributed by atoms with van der Waals surface area (Å²) in [5.74, 6) is -0.594. The van der Waals surface area contributed by atoms with Gasteiger partial charge in [-0.15, -0.1) is 11.3 Å². The van der Waals surface area contributed by atoms with Crippen LogP contribution in [0.5, 0.6) is 0 Å². The number of fused-ring (bicyclic) bond motifs is 4. The van der Waals surface area contributed by atoms with E-state index in [4.69, 9.17) is 4.42 Å². The average molecular weight is 624 g/mol. The van der Waals surface area contributed by atoms with Crippen LogP contribution in [0.3, 0.4) is 0 Å². The zero-order valence-electron chi connectivity index (χ0n) is 25.9. The van der Waals surface area contributed by atoms with E-state index in [1.165, 1.54) is 11.3 Å². The quantitative estimate of drug-likeness (QED) is 0.393. The van der Waals surface area contributed by atoms with Crippen LogP contribution < -0.4 is 16.0 Å². The fraction of sp³-hybridized carbons (Fsp3) is 0.484. The fourth-order valence-corrected chi connectivity index (χ4v) is 5.93. The van der Waals surface area contributed by atoms with E-state index < -0.39 is 18.0 Å². The standard InChI is InChI=1S/C31H41N7O5S/c1-19(2)26-31-34-23(18-44-31)28(41)32-13-15-38(25(40)17-37(4)5)14-9-12-24(39)33-22(16-21-10-7-6-8-11-21)30-36-27(20(3)43-30)29(42)35-26/h6-8,10-11,18-19,22,26H,9,12-17H2,1-5H3,(H,32,41)(H,33,39)(H,35,42)/t22-,26-/m0/s1. The molecule has 4 bridgehead atoms. The highest BCUT2D eigenvalue weighted by atomic mass is 32.1. The van der Waals surface area contributed by atoms with Gasteiger partial charge in [0.25, 0.3) is 11.8 Å². The molecular formula is C31H41N7O5S. The van der Waals surface area contributed by atoms with E-state index >= 15 is 0 Å². The number of aromatic nitrogens is 2. The molecule has 1 aliphatic heterocycles. The monoisotopic (exact) mass is 623 g/mol. The lowest BCUT2D eigenvalue weighted by Crippen LogP contribution is -2.43. The highest BCUT2D eigenvalue weighted by Gasteiger charge is 2.29. The number of hydrogen-bond donors (Lipinski definition) is 3. The van der Waals surface area contributed by atoms with Crippen molar-refractivity contribution in [3.63, 3.8) is 0 Å². The second-order valence-corrected chi connectivity index (χ2v) is 12.4. The van der Waals surface area contributed by atoms with Crippen LogP contribution in [-0.2, 0) is 16.0 Å². The van der Waals surface area contributed by atoms with E-state index in [9.17, 15) is 19.2 Å². The van der Waals surface area contributed by atoms with Gasteiger partial charge in [-0.1, -0.05) is 44.2 Å². The number of rotatable bonds is 5. The molecule has 0 radical (unpaired) electrons. The first-order valence-electron chi connectivity index (χ1n) is 14.8. The predicted molar refractivity (Wildman–Crippen MR) is 166 cm³/mol. The number of likely N-dealkylation sites (N-methyl/N-ethyl adjacent to an activating group) is 1. The number of oxazole rings is 1. The normalized spacial score (nSPS) is 19.0. The smallest absolute Gasteiger partial charge is 0.274 e. The van der Waals surface area contributed by atoms with Crippen molar-refractivity contribution in [2.75, 3.05) is 40.3 Å². The van der Waals surface area contributed by atoms with Crippen molar-refractivity contribution in [3.8, 4) is 0 Å². The molecule has 3 N–H and O–H groups in total. The lowest BCUT2D eigenvalue weighted by atomic mass is 10.0. The van der Waals surface area contributed by atoms with Gasteiger partial charge in [-0.05, 0) is 38.9 Å². The summed E-state index contributed by atoms with van der Waals surface area (Å²) in [6, 6.07) is 8.57. The lowest BCUT2D eigenvalue weighted by Gasteiger charge is -2.24. The number of amides is 4. The zero-order chi connectivity index (χ0) is 31.8. The van der Waals surface area contributed by atoms with Crippen molar-refractivity contribution in [3.05, 3.63) is 69.3 Å². The molecule has 2 atom stereocenters. The Morgan fingerprint density at radius 1 is 1.09 bits per heavy atom. The molecule has 3 heterocycles. The first kappa shape index (κ1) is 32.8. The summed E-state index contributed by atoms with van der Waals surface area (Å²) < 4.78 is 5.98. The van der Waals surface area contributed by atoms with Crippen molar-refractivity contribution in [1.29, 1.82) is 0 Å². The minimum absolute atomic E-state index is 0.0352. The van der Waals surface area contributed by atoms with E-state index in [2.05, 4.69) is 25.9 Å². The highest BCUT2D eigenvalue weighted by Crippen LogP contribution is 2.27. The summed E-state index contributed by atoms with van der Waals surface area (Å²) >= 11 is 1.29. The SMILES string of the molecule is Cc1oc2nc1C(=O)N[C@@H](C(C)C)c1nc(cs1)C(=O)NCCN(C(=O)CN(C)C)CCCC(=O)N[C@H]2Cc1ccccc1. The summed E-state index contributed by atoms with van der Waals surface area (Å²) in [6.45, 7) is 6.65. The van der Waals surface area contributed by atoms with Crippen molar-refractivity contribution < 1.29 is 23.6 Å². The number of aryl methyl sites for hydroxylation is 1. The van der Waals surface area contributed by atoms with E-state index in [1.54, 1.807) is 22.1 Å². The topological polar surface area (TPSA) is 150 Å². The first-order valence-corrected chi connectivity index (χ1v) is 15.7. The molecule has 1 aromatic carbocycles. The van der Waals surface area contributed by atoms with Crippen molar-refractivity contribution in [2.45, 2.75) is 52.1 Å². The molecule has 236 valence electrons. The number of carbonyl (C=O) groups is 4. The van der Waals surface area contributed by atoms with Gasteiger partial charge < -0.3 is 30.2 Å². The molecule has 0 fully saturated rings. The second-order valence-electron chi connectivity index (χ2n) is 11.5. The Balaban J connectivity index is 1.65. The Kier molecular flexibility index (Phi) is 11.2. The van der Waals surface area contributed by atoms with Gasteiger partial charge in [-0.3, -0.25) is 19.2 Å². The number of benzene rings is 1. The second kappa shape index (κ2) is 15.1. The minimum Gasteiger partial charge on any atom is -0.443 e. The number of thiazole rings is 1. The van der Waals surface area contributed by atoms with E-state index in [0.717, 1.165) is 5.56 Å². The van der Waals surface area contributed by atoms with Gasteiger partial charge in [-0.2, -0.15) is 0 Å². The molecule has 4 rings (SSSR count). The lowest BCUT2D eigenvalue weighted by molar-refractivity contribution is -0.132. The summed E-state index contributed by atoms with van der Waals surface area (Å²) in [6.07, 6.45) is 0.993. The Labute approximate surface area is 261 Å². The van der Waals surface area contributed by atoms with Crippen molar-refractivity contribution in [2.24, 2.45) is 5.92 Å². The highest BCUT2D eigenvalue weighted by molar-refractivity contribution is 7.09. The molecule has 4 amide bonds. The number of nitrogens with zero attached hydrogens (tertiary/aromatic N) is 4. The van der Waals surface area contributed by atoms with Crippen molar-refractivity contribution in [1.82, 2.24) is 35.7 Å².